The Morgan fingerprint density at radius 2 is 1.86 bits per heavy atom. The smallest absolute Gasteiger partial charge is 0.408 e. The van der Waals surface area contributed by atoms with Gasteiger partial charge in [0.15, 0.2) is 5.78 Å². The number of aromatic nitrogens is 1. The Hall–Kier alpha value is -3.15. The van der Waals surface area contributed by atoms with E-state index in [1.165, 1.54) is 4.90 Å². The van der Waals surface area contributed by atoms with E-state index in [4.69, 9.17) is 16.9 Å². The highest BCUT2D eigenvalue weighted by Crippen LogP contribution is 2.46. The van der Waals surface area contributed by atoms with Gasteiger partial charge >= 0.3 is 6.09 Å². The number of Topliss-reactive ketones (excluding diaryl/α,β-unsaturated/α-hetero) is 1. The second kappa shape index (κ2) is 9.48. The fourth-order valence-corrected chi connectivity index (χ4v) is 5.89. The number of ketones is 1. The summed E-state index contributed by atoms with van der Waals surface area (Å²) >= 11 is 6.12. The molecular formula is C26H28ClN5O3. The van der Waals surface area contributed by atoms with E-state index in [1.807, 2.05) is 18.2 Å². The van der Waals surface area contributed by atoms with Crippen molar-refractivity contribution >= 4 is 29.3 Å². The number of hydrogen-bond donors (Lipinski definition) is 2. The van der Waals surface area contributed by atoms with E-state index in [2.05, 4.69) is 21.3 Å². The number of carbonyl (C=O) groups is 2. The highest BCUT2D eigenvalue weighted by molar-refractivity contribution is 6.30. The van der Waals surface area contributed by atoms with Crippen LogP contribution in [0, 0.1) is 17.2 Å². The van der Waals surface area contributed by atoms with Gasteiger partial charge in [0.05, 0.1) is 5.56 Å². The van der Waals surface area contributed by atoms with Crippen molar-refractivity contribution < 1.29 is 14.7 Å². The fourth-order valence-electron chi connectivity index (χ4n) is 5.77. The molecule has 2 atom stereocenters. The number of carboxylic acid groups (broad SMARTS) is 1. The molecule has 1 aromatic carbocycles. The normalized spacial score (nSPS) is 24.7. The van der Waals surface area contributed by atoms with E-state index in [0.717, 1.165) is 24.2 Å². The lowest BCUT2D eigenvalue weighted by atomic mass is 9.71. The summed E-state index contributed by atoms with van der Waals surface area (Å²) in [6, 6.07) is 13.0. The molecule has 3 aliphatic rings. The summed E-state index contributed by atoms with van der Waals surface area (Å²) in [5.74, 6) is 0.294. The molecule has 2 aromatic rings. The molecule has 3 heterocycles. The van der Waals surface area contributed by atoms with Crippen molar-refractivity contribution in [3.05, 3.63) is 58.7 Å². The van der Waals surface area contributed by atoms with Gasteiger partial charge in [0.25, 0.3) is 0 Å². The number of anilines is 1. The summed E-state index contributed by atoms with van der Waals surface area (Å²) in [5.41, 5.74) is 0.302. The van der Waals surface area contributed by atoms with Crippen LogP contribution >= 0.6 is 11.6 Å². The largest absolute Gasteiger partial charge is 0.465 e. The average Bonchev–Trinajstić information content (AvgIpc) is 3.61. The third-order valence-corrected chi connectivity index (χ3v) is 7.89. The molecule has 35 heavy (non-hydrogen) atoms. The zero-order chi connectivity index (χ0) is 24.6. The number of halogens is 1. The standard InChI is InChI=1S/C26H28ClN5O3/c27-20-4-2-18(3-5-20)22-15-29-16-26(22,32(25(34)35)21-6-7-21)24(33)19-9-11-31(12-10-19)23-8-1-17(13-28)14-30-23/h1-5,8,14,19,21-22,29H,6-7,9-12,15-16H2,(H,34,35)/t22-,26+/m1/s1. The van der Waals surface area contributed by atoms with Crippen molar-refractivity contribution in [1.29, 1.82) is 5.26 Å². The minimum absolute atomic E-state index is 0.0178. The number of hydrogen-bond acceptors (Lipinski definition) is 6. The highest BCUT2D eigenvalue weighted by Gasteiger charge is 2.60. The maximum absolute atomic E-state index is 14.3. The molecule has 0 bridgehead atoms. The summed E-state index contributed by atoms with van der Waals surface area (Å²) in [4.78, 5) is 34.9. The molecule has 3 fully saturated rings. The van der Waals surface area contributed by atoms with Gasteiger partial charge in [0, 0.05) is 55.3 Å². The van der Waals surface area contributed by atoms with Crippen LogP contribution in [0.15, 0.2) is 42.6 Å². The molecule has 2 N–H and O–H groups in total. The summed E-state index contributed by atoms with van der Waals surface area (Å²) < 4.78 is 0. The number of benzene rings is 1. The summed E-state index contributed by atoms with van der Waals surface area (Å²) in [6.45, 7) is 2.17. The van der Waals surface area contributed by atoms with Crippen LogP contribution in [-0.2, 0) is 4.79 Å². The first kappa shape index (κ1) is 23.6. The number of carbonyl (C=O) groups excluding carboxylic acids is 1. The molecule has 0 radical (unpaired) electrons. The molecule has 9 heteroatoms. The quantitative estimate of drug-likeness (QED) is 0.631. The van der Waals surface area contributed by atoms with Gasteiger partial charge in [-0.15, -0.1) is 0 Å². The van der Waals surface area contributed by atoms with Gasteiger partial charge in [-0.3, -0.25) is 9.69 Å². The zero-order valence-electron chi connectivity index (χ0n) is 19.4. The number of piperidine rings is 1. The second-order valence-corrected chi connectivity index (χ2v) is 10.1. The predicted molar refractivity (Wildman–Crippen MR) is 132 cm³/mol. The van der Waals surface area contributed by atoms with Gasteiger partial charge < -0.3 is 15.3 Å². The Morgan fingerprint density at radius 1 is 1.14 bits per heavy atom. The van der Waals surface area contributed by atoms with E-state index < -0.39 is 11.6 Å². The highest BCUT2D eigenvalue weighted by atomic mass is 35.5. The van der Waals surface area contributed by atoms with E-state index in [0.29, 0.717) is 49.6 Å². The average molecular weight is 494 g/mol. The molecule has 0 spiro atoms. The minimum Gasteiger partial charge on any atom is -0.465 e. The van der Waals surface area contributed by atoms with Gasteiger partial charge in [-0.05, 0) is 55.5 Å². The first-order valence-corrected chi connectivity index (χ1v) is 12.5. The van der Waals surface area contributed by atoms with E-state index in [1.54, 1.807) is 24.4 Å². The van der Waals surface area contributed by atoms with Crippen molar-refractivity contribution in [2.45, 2.75) is 43.2 Å². The molecule has 8 nitrogen and oxygen atoms in total. The number of nitriles is 1. The number of amides is 1. The lowest BCUT2D eigenvalue weighted by Gasteiger charge is -2.45. The number of nitrogens with zero attached hydrogens (tertiary/aromatic N) is 4. The molecular weight excluding hydrogens is 466 g/mol. The maximum Gasteiger partial charge on any atom is 0.408 e. The van der Waals surface area contributed by atoms with Crippen LogP contribution < -0.4 is 10.2 Å². The monoisotopic (exact) mass is 493 g/mol. The van der Waals surface area contributed by atoms with Crippen molar-refractivity contribution in [3.8, 4) is 6.07 Å². The lowest BCUT2D eigenvalue weighted by molar-refractivity contribution is -0.135. The molecule has 1 saturated carbocycles. The Balaban J connectivity index is 1.42. The van der Waals surface area contributed by atoms with Crippen molar-refractivity contribution in [1.82, 2.24) is 15.2 Å². The van der Waals surface area contributed by atoms with Crippen LogP contribution in [0.3, 0.4) is 0 Å². The van der Waals surface area contributed by atoms with Crippen LogP contribution in [0.5, 0.6) is 0 Å². The minimum atomic E-state index is -1.14. The number of pyridine rings is 1. The molecule has 0 unspecified atom stereocenters. The molecule has 1 aromatic heterocycles. The van der Waals surface area contributed by atoms with E-state index in [9.17, 15) is 14.7 Å². The van der Waals surface area contributed by atoms with Gasteiger partial charge in [-0.25, -0.2) is 9.78 Å². The SMILES string of the molecule is N#Cc1ccc(N2CCC(C(=O)[C@]3(N(C(=O)O)C4CC4)CNC[C@@H]3c3ccc(Cl)cc3)CC2)nc1. The van der Waals surface area contributed by atoms with Crippen molar-refractivity contribution in [2.75, 3.05) is 31.1 Å². The van der Waals surface area contributed by atoms with Crippen LogP contribution in [0.4, 0.5) is 10.6 Å². The summed E-state index contributed by atoms with van der Waals surface area (Å²) in [7, 11) is 0. The second-order valence-electron chi connectivity index (χ2n) is 9.69. The van der Waals surface area contributed by atoms with Gasteiger partial charge in [0.1, 0.15) is 17.4 Å². The molecule has 1 amide bonds. The number of nitrogens with one attached hydrogen (secondary N) is 1. The Bertz CT molecular complexity index is 1140. The third kappa shape index (κ3) is 4.35. The van der Waals surface area contributed by atoms with E-state index >= 15 is 0 Å². The zero-order valence-corrected chi connectivity index (χ0v) is 20.1. The van der Waals surface area contributed by atoms with Crippen LogP contribution in [-0.4, -0.2) is 64.6 Å². The van der Waals surface area contributed by atoms with E-state index in [-0.39, 0.29) is 23.7 Å². The summed E-state index contributed by atoms with van der Waals surface area (Å²) in [6.07, 6.45) is 3.38. The molecule has 182 valence electrons. The molecule has 1 aliphatic carbocycles. The lowest BCUT2D eigenvalue weighted by Crippen LogP contribution is -2.64. The molecule has 2 aliphatic heterocycles. The Kier molecular flexibility index (Phi) is 6.39. The van der Waals surface area contributed by atoms with Gasteiger partial charge in [-0.1, -0.05) is 23.7 Å². The van der Waals surface area contributed by atoms with Gasteiger partial charge in [-0.2, -0.15) is 5.26 Å². The van der Waals surface area contributed by atoms with Crippen LogP contribution in [0.1, 0.15) is 42.7 Å². The topological polar surface area (TPSA) is 110 Å². The van der Waals surface area contributed by atoms with Crippen molar-refractivity contribution in [3.63, 3.8) is 0 Å². The fraction of sp³-hybridized carbons (Fsp3) is 0.462. The molecule has 5 rings (SSSR count). The predicted octanol–water partition coefficient (Wildman–Crippen LogP) is 3.66. The number of rotatable bonds is 6. The first-order valence-electron chi connectivity index (χ1n) is 12.1. The van der Waals surface area contributed by atoms with Crippen LogP contribution in [0.2, 0.25) is 5.02 Å². The van der Waals surface area contributed by atoms with Gasteiger partial charge in [0.2, 0.25) is 0 Å². The van der Waals surface area contributed by atoms with Crippen molar-refractivity contribution in [2.24, 2.45) is 5.92 Å². The third-order valence-electron chi connectivity index (χ3n) is 7.63. The Labute approximate surface area is 209 Å². The Morgan fingerprint density at radius 3 is 2.43 bits per heavy atom. The maximum atomic E-state index is 14.3. The first-order chi connectivity index (χ1) is 16.9. The molecule has 2 saturated heterocycles. The summed E-state index contributed by atoms with van der Waals surface area (Å²) in [5, 5.41) is 23.3. The van der Waals surface area contributed by atoms with Crippen LogP contribution in [0.25, 0.3) is 0 Å².